The van der Waals surface area contributed by atoms with Gasteiger partial charge < -0.3 is 9.47 Å². The highest BCUT2D eigenvalue weighted by Crippen LogP contribution is 2.61. The first-order valence-electron chi connectivity index (χ1n) is 12.6. The normalized spacial score (nSPS) is 30.0. The first-order valence-corrected chi connectivity index (χ1v) is 12.6. The summed E-state index contributed by atoms with van der Waals surface area (Å²) in [4.78, 5) is 24.7. The number of hydrogen-bond acceptors (Lipinski definition) is 4. The molecule has 0 aromatic heterocycles. The zero-order valence-corrected chi connectivity index (χ0v) is 19.7. The molecule has 33 heavy (non-hydrogen) atoms. The molecule has 5 atom stereocenters. The van der Waals surface area contributed by atoms with Gasteiger partial charge in [0, 0.05) is 11.8 Å². The molecule has 0 radical (unpaired) electrons. The van der Waals surface area contributed by atoms with Crippen LogP contribution in [0.3, 0.4) is 0 Å². The number of carbonyl (C=O) groups excluding carboxylic acids is 2. The van der Waals surface area contributed by atoms with Crippen LogP contribution in [0.2, 0.25) is 0 Å². The Balaban J connectivity index is 1.31. The lowest BCUT2D eigenvalue weighted by Crippen LogP contribution is -2.45. The van der Waals surface area contributed by atoms with Crippen LogP contribution in [0.25, 0.3) is 0 Å². The molecule has 0 N–H and O–H groups in total. The van der Waals surface area contributed by atoms with Crippen molar-refractivity contribution in [2.45, 2.75) is 77.2 Å². The molecule has 4 nitrogen and oxygen atoms in total. The van der Waals surface area contributed by atoms with E-state index in [-0.39, 0.29) is 23.5 Å². The van der Waals surface area contributed by atoms with Crippen LogP contribution in [0.4, 0.5) is 0 Å². The van der Waals surface area contributed by atoms with Gasteiger partial charge in [0.25, 0.3) is 0 Å². The van der Waals surface area contributed by atoms with Crippen LogP contribution in [-0.2, 0) is 16.0 Å². The molecule has 2 aromatic rings. The topological polar surface area (TPSA) is 52.6 Å². The highest BCUT2D eigenvalue weighted by Gasteiger charge is 2.56. The second-order valence-electron chi connectivity index (χ2n) is 10.4. The van der Waals surface area contributed by atoms with Crippen LogP contribution in [0.1, 0.15) is 86.2 Å². The molecule has 0 spiro atoms. The van der Waals surface area contributed by atoms with Gasteiger partial charge in [0.2, 0.25) is 0 Å². The van der Waals surface area contributed by atoms with Gasteiger partial charge in [0.15, 0.2) is 0 Å². The molecule has 2 fully saturated rings. The van der Waals surface area contributed by atoms with E-state index in [1.54, 1.807) is 12.1 Å². The number of aryl methyl sites for hydroxylation is 1. The summed E-state index contributed by atoms with van der Waals surface area (Å²) in [5.74, 6) is 2.09. The van der Waals surface area contributed by atoms with Crippen LogP contribution in [0.15, 0.2) is 48.5 Å². The number of hydrogen-bond donors (Lipinski definition) is 0. The first-order chi connectivity index (χ1) is 16.0. The van der Waals surface area contributed by atoms with Gasteiger partial charge in [-0.15, -0.1) is 0 Å². The summed E-state index contributed by atoms with van der Waals surface area (Å²) in [5.41, 5.74) is 3.42. The van der Waals surface area contributed by atoms with Gasteiger partial charge in [0.05, 0.1) is 5.56 Å². The summed E-state index contributed by atoms with van der Waals surface area (Å²) in [6, 6.07) is 15.4. The van der Waals surface area contributed by atoms with Gasteiger partial charge in [-0.3, -0.25) is 4.79 Å². The average molecular weight is 447 g/mol. The molecule has 3 aliphatic rings. The number of rotatable bonds is 5. The van der Waals surface area contributed by atoms with Gasteiger partial charge in [0.1, 0.15) is 11.9 Å². The van der Waals surface area contributed by atoms with E-state index in [1.165, 1.54) is 11.1 Å². The van der Waals surface area contributed by atoms with Crippen molar-refractivity contribution in [2.24, 2.45) is 17.3 Å². The maximum Gasteiger partial charge on any atom is 0.343 e. The highest BCUT2D eigenvalue weighted by atomic mass is 16.5. The molecule has 2 saturated carbocycles. The van der Waals surface area contributed by atoms with Crippen molar-refractivity contribution in [3.05, 3.63) is 65.2 Å². The molecule has 0 saturated heterocycles. The molecular weight excluding hydrogens is 412 g/mol. The van der Waals surface area contributed by atoms with Crippen molar-refractivity contribution in [2.75, 3.05) is 0 Å². The summed E-state index contributed by atoms with van der Waals surface area (Å²) in [6.45, 7) is 4.39. The van der Waals surface area contributed by atoms with Gasteiger partial charge in [-0.05, 0) is 98.1 Å². The SMILES string of the molecule is CCCC(=O)OC1CCC2C3CCc4cc(OC(=O)c5ccccc5)ccc4C3CC[C@]12C. The van der Waals surface area contributed by atoms with Crippen LogP contribution in [0, 0.1) is 17.3 Å². The number of esters is 2. The molecule has 0 heterocycles. The Hall–Kier alpha value is -2.62. The highest BCUT2D eigenvalue weighted by molar-refractivity contribution is 5.91. The smallest absolute Gasteiger partial charge is 0.343 e. The molecule has 0 aliphatic heterocycles. The number of benzene rings is 2. The number of carbonyl (C=O) groups is 2. The van der Waals surface area contributed by atoms with Crippen LogP contribution < -0.4 is 4.74 Å². The van der Waals surface area contributed by atoms with E-state index in [4.69, 9.17) is 9.47 Å². The Bertz CT molecular complexity index is 1030. The monoisotopic (exact) mass is 446 g/mol. The van der Waals surface area contributed by atoms with E-state index in [0.717, 1.165) is 44.9 Å². The Labute approximate surface area is 196 Å². The Morgan fingerprint density at radius 1 is 1.03 bits per heavy atom. The summed E-state index contributed by atoms with van der Waals surface area (Å²) >= 11 is 0. The van der Waals surface area contributed by atoms with E-state index in [2.05, 4.69) is 19.1 Å². The van der Waals surface area contributed by atoms with E-state index in [1.807, 2.05) is 31.2 Å². The third-order valence-corrected chi connectivity index (χ3v) is 8.56. The predicted octanol–water partition coefficient (Wildman–Crippen LogP) is 6.47. The molecule has 174 valence electrons. The molecule has 4 heteroatoms. The van der Waals surface area contributed by atoms with Gasteiger partial charge in [-0.1, -0.05) is 38.1 Å². The number of ether oxygens (including phenoxy) is 2. The quantitative estimate of drug-likeness (QED) is 0.390. The van der Waals surface area contributed by atoms with Crippen molar-refractivity contribution in [1.82, 2.24) is 0 Å². The second kappa shape index (κ2) is 8.96. The minimum atomic E-state index is -0.313. The van der Waals surface area contributed by atoms with Gasteiger partial charge in [-0.25, -0.2) is 4.79 Å². The predicted molar refractivity (Wildman–Crippen MR) is 127 cm³/mol. The van der Waals surface area contributed by atoms with Crippen molar-refractivity contribution < 1.29 is 19.1 Å². The third kappa shape index (κ3) is 4.09. The van der Waals surface area contributed by atoms with Crippen LogP contribution in [0.5, 0.6) is 5.75 Å². The molecule has 0 bridgehead atoms. The maximum absolute atomic E-state index is 12.5. The molecule has 5 rings (SSSR count). The van der Waals surface area contributed by atoms with E-state index < -0.39 is 0 Å². The molecule has 3 aliphatic carbocycles. The van der Waals surface area contributed by atoms with Crippen molar-refractivity contribution in [3.63, 3.8) is 0 Å². The fourth-order valence-corrected chi connectivity index (χ4v) is 6.93. The fourth-order valence-electron chi connectivity index (χ4n) is 6.93. The first kappa shape index (κ1) is 22.2. The Morgan fingerprint density at radius 2 is 1.85 bits per heavy atom. The fraction of sp³-hybridized carbons (Fsp3) is 0.517. The minimum Gasteiger partial charge on any atom is -0.462 e. The summed E-state index contributed by atoms with van der Waals surface area (Å²) < 4.78 is 11.6. The van der Waals surface area contributed by atoms with Crippen molar-refractivity contribution in [1.29, 1.82) is 0 Å². The van der Waals surface area contributed by atoms with E-state index >= 15 is 0 Å². The van der Waals surface area contributed by atoms with Crippen LogP contribution >= 0.6 is 0 Å². The lowest BCUT2D eigenvalue weighted by Gasteiger charge is -2.50. The maximum atomic E-state index is 12.5. The van der Waals surface area contributed by atoms with Gasteiger partial charge >= 0.3 is 11.9 Å². The average Bonchev–Trinajstić information content (AvgIpc) is 3.15. The lowest BCUT2D eigenvalue weighted by atomic mass is 9.55. The van der Waals surface area contributed by atoms with Crippen molar-refractivity contribution >= 4 is 11.9 Å². The standard InChI is InChI=1S/C29H34O4/c1-3-7-27(30)33-26-15-14-25-24-12-10-20-18-21(32-28(31)19-8-5-4-6-9-19)11-13-22(20)23(24)16-17-29(25,26)2/h4-6,8-9,11,13,18,23-26H,3,7,10,12,14-17H2,1-2H3/t23?,24?,25?,26?,29-/m0/s1. The zero-order valence-electron chi connectivity index (χ0n) is 19.7. The summed E-state index contributed by atoms with van der Waals surface area (Å²) in [6.07, 6.45) is 8.00. The lowest BCUT2D eigenvalue weighted by molar-refractivity contribution is -0.157. The molecular formula is C29H34O4. The summed E-state index contributed by atoms with van der Waals surface area (Å²) in [5, 5.41) is 0. The largest absolute Gasteiger partial charge is 0.462 e. The minimum absolute atomic E-state index is 0.0296. The van der Waals surface area contributed by atoms with Crippen LogP contribution in [-0.4, -0.2) is 18.0 Å². The molecule has 0 amide bonds. The van der Waals surface area contributed by atoms with Gasteiger partial charge in [-0.2, -0.15) is 0 Å². The van der Waals surface area contributed by atoms with E-state index in [0.29, 0.717) is 35.5 Å². The molecule has 2 aromatic carbocycles. The number of fused-ring (bicyclic) bond motifs is 5. The Morgan fingerprint density at radius 3 is 2.64 bits per heavy atom. The Kier molecular flexibility index (Phi) is 6.03. The zero-order chi connectivity index (χ0) is 23.0. The third-order valence-electron chi connectivity index (χ3n) is 8.56. The van der Waals surface area contributed by atoms with Crippen molar-refractivity contribution in [3.8, 4) is 5.75 Å². The second-order valence-corrected chi connectivity index (χ2v) is 10.4. The summed E-state index contributed by atoms with van der Waals surface area (Å²) in [7, 11) is 0. The molecule has 4 unspecified atom stereocenters. The van der Waals surface area contributed by atoms with E-state index in [9.17, 15) is 9.59 Å².